The first-order valence-corrected chi connectivity index (χ1v) is 6.56. The molecule has 0 aliphatic heterocycles. The van der Waals surface area contributed by atoms with Gasteiger partial charge in [-0.1, -0.05) is 6.92 Å². The molecule has 0 heterocycles. The Morgan fingerprint density at radius 2 is 1.81 bits per heavy atom. The van der Waals surface area contributed by atoms with Crippen LogP contribution >= 0.6 is 0 Å². The highest BCUT2D eigenvalue weighted by Crippen LogP contribution is 2.15. The van der Waals surface area contributed by atoms with Crippen LogP contribution in [0.15, 0.2) is 24.3 Å². The second-order valence-corrected chi connectivity index (χ2v) is 4.27. The maximum Gasteiger partial charge on any atom is 0.325 e. The molecular weight excluding hydrogens is 276 g/mol. The third kappa shape index (κ3) is 6.95. The van der Waals surface area contributed by atoms with E-state index >= 15 is 0 Å². The first-order valence-electron chi connectivity index (χ1n) is 6.56. The van der Waals surface area contributed by atoms with Crippen LogP contribution in [0, 0.1) is 0 Å². The molecule has 0 saturated carbocycles. The van der Waals surface area contributed by atoms with E-state index in [1.165, 1.54) is 0 Å². The molecule has 114 valence electrons. The number of hydrogen-bond donors (Lipinski definition) is 3. The van der Waals surface area contributed by atoms with Crippen LogP contribution in [0.1, 0.15) is 26.2 Å². The van der Waals surface area contributed by atoms with E-state index in [0.717, 1.165) is 6.42 Å². The average molecular weight is 294 g/mol. The van der Waals surface area contributed by atoms with Crippen molar-refractivity contribution in [3.05, 3.63) is 24.3 Å². The van der Waals surface area contributed by atoms with Gasteiger partial charge in [-0.15, -0.1) is 0 Å². The van der Waals surface area contributed by atoms with Crippen molar-refractivity contribution < 1.29 is 24.2 Å². The number of nitrogens with one attached hydrogen (secondary N) is 2. The molecule has 3 amide bonds. The Bertz CT molecular complexity index is 499. The predicted octanol–water partition coefficient (Wildman–Crippen LogP) is 1.99. The van der Waals surface area contributed by atoms with E-state index in [1.807, 2.05) is 12.2 Å². The lowest BCUT2D eigenvalue weighted by Crippen LogP contribution is -2.34. The number of urea groups is 1. The number of rotatable bonds is 7. The summed E-state index contributed by atoms with van der Waals surface area (Å²) >= 11 is 0. The van der Waals surface area contributed by atoms with Crippen molar-refractivity contribution in [3.63, 3.8) is 0 Å². The Balaban J connectivity index is 2.40. The Labute approximate surface area is 122 Å². The molecule has 1 aromatic rings. The molecule has 7 nitrogen and oxygen atoms in total. The minimum atomic E-state index is -1.09. The molecule has 0 aliphatic rings. The van der Waals surface area contributed by atoms with E-state index in [4.69, 9.17) is 9.84 Å². The van der Waals surface area contributed by atoms with Gasteiger partial charge in [0.05, 0.1) is 13.0 Å². The van der Waals surface area contributed by atoms with Crippen molar-refractivity contribution in [2.75, 3.05) is 11.9 Å². The van der Waals surface area contributed by atoms with Crippen LogP contribution in [0.25, 0.3) is 0 Å². The number of carboxylic acids is 1. The van der Waals surface area contributed by atoms with Gasteiger partial charge in [-0.3, -0.25) is 14.9 Å². The molecular formula is C14H18N2O5. The number of benzene rings is 1. The first-order chi connectivity index (χ1) is 10.0. The normalized spacial score (nSPS) is 9.76. The predicted molar refractivity (Wildman–Crippen MR) is 76.3 cm³/mol. The van der Waals surface area contributed by atoms with Gasteiger partial charge in [0.2, 0.25) is 5.91 Å². The van der Waals surface area contributed by atoms with Crippen molar-refractivity contribution in [1.82, 2.24) is 5.32 Å². The highest BCUT2D eigenvalue weighted by Gasteiger charge is 2.09. The summed E-state index contributed by atoms with van der Waals surface area (Å²) in [6.45, 7) is 2.62. The standard InChI is InChI=1S/C14H18N2O5/c1-2-9-21-11-5-3-10(4-6-11)15-14(20)16-12(17)7-8-13(18)19/h3-6H,2,7-9H2,1H3,(H,18,19)(H2,15,16,17,20). The Hall–Kier alpha value is -2.57. The van der Waals surface area contributed by atoms with Crippen LogP contribution in [0.4, 0.5) is 10.5 Å². The van der Waals surface area contributed by atoms with Crippen LogP contribution in [-0.4, -0.2) is 29.6 Å². The number of hydrogen-bond acceptors (Lipinski definition) is 4. The number of ether oxygens (including phenoxy) is 1. The van der Waals surface area contributed by atoms with Crippen LogP contribution in [-0.2, 0) is 9.59 Å². The lowest BCUT2D eigenvalue weighted by molar-refractivity contribution is -0.138. The maximum atomic E-state index is 11.5. The van der Waals surface area contributed by atoms with Crippen molar-refractivity contribution in [3.8, 4) is 5.75 Å². The van der Waals surface area contributed by atoms with Gasteiger partial charge < -0.3 is 15.2 Å². The maximum absolute atomic E-state index is 11.5. The SMILES string of the molecule is CCCOc1ccc(NC(=O)NC(=O)CCC(=O)O)cc1. The topological polar surface area (TPSA) is 105 Å². The van der Waals surface area contributed by atoms with Gasteiger partial charge in [0.25, 0.3) is 0 Å². The fraction of sp³-hybridized carbons (Fsp3) is 0.357. The van der Waals surface area contributed by atoms with Gasteiger partial charge in [0, 0.05) is 12.1 Å². The lowest BCUT2D eigenvalue weighted by Gasteiger charge is -2.08. The summed E-state index contributed by atoms with van der Waals surface area (Å²) in [4.78, 5) is 33.1. The van der Waals surface area contributed by atoms with Crippen molar-refractivity contribution in [2.24, 2.45) is 0 Å². The zero-order chi connectivity index (χ0) is 15.7. The first kappa shape index (κ1) is 16.5. The van der Waals surface area contributed by atoms with Gasteiger partial charge in [0.15, 0.2) is 0 Å². The van der Waals surface area contributed by atoms with Crippen LogP contribution < -0.4 is 15.4 Å². The minimum absolute atomic E-state index is 0.244. The summed E-state index contributed by atoms with van der Waals surface area (Å²) in [7, 11) is 0. The van der Waals surface area contributed by atoms with Gasteiger partial charge >= 0.3 is 12.0 Å². The second kappa shape index (κ2) is 8.57. The van der Waals surface area contributed by atoms with E-state index in [2.05, 4.69) is 5.32 Å². The van der Waals surface area contributed by atoms with Gasteiger partial charge in [-0.2, -0.15) is 0 Å². The molecule has 0 saturated heterocycles. The van der Waals surface area contributed by atoms with Crippen LogP contribution in [0.5, 0.6) is 5.75 Å². The van der Waals surface area contributed by atoms with E-state index < -0.39 is 17.9 Å². The second-order valence-electron chi connectivity index (χ2n) is 4.27. The smallest absolute Gasteiger partial charge is 0.325 e. The van der Waals surface area contributed by atoms with E-state index in [-0.39, 0.29) is 12.8 Å². The molecule has 1 rings (SSSR count). The quantitative estimate of drug-likeness (QED) is 0.713. The molecule has 0 bridgehead atoms. The zero-order valence-corrected chi connectivity index (χ0v) is 11.7. The van der Waals surface area contributed by atoms with Crippen molar-refractivity contribution in [1.29, 1.82) is 0 Å². The summed E-state index contributed by atoms with van der Waals surface area (Å²) < 4.78 is 5.40. The van der Waals surface area contributed by atoms with Gasteiger partial charge in [-0.05, 0) is 30.7 Å². The molecule has 0 unspecified atom stereocenters. The summed E-state index contributed by atoms with van der Waals surface area (Å²) in [5.74, 6) is -1.04. The fourth-order valence-electron chi connectivity index (χ4n) is 1.43. The molecule has 1 aromatic carbocycles. The molecule has 3 N–H and O–H groups in total. The van der Waals surface area contributed by atoms with Gasteiger partial charge in [-0.25, -0.2) is 4.79 Å². The monoisotopic (exact) mass is 294 g/mol. The van der Waals surface area contributed by atoms with Gasteiger partial charge in [0.1, 0.15) is 5.75 Å². The Morgan fingerprint density at radius 1 is 1.14 bits per heavy atom. The van der Waals surface area contributed by atoms with Crippen LogP contribution in [0.3, 0.4) is 0 Å². The number of imide groups is 1. The number of carbonyl (C=O) groups excluding carboxylic acids is 2. The highest BCUT2D eigenvalue weighted by atomic mass is 16.5. The molecule has 0 atom stereocenters. The van der Waals surface area contributed by atoms with E-state index in [9.17, 15) is 14.4 Å². The fourth-order valence-corrected chi connectivity index (χ4v) is 1.43. The van der Waals surface area contributed by atoms with Crippen molar-refractivity contribution in [2.45, 2.75) is 26.2 Å². The van der Waals surface area contributed by atoms with E-state index in [0.29, 0.717) is 18.0 Å². The molecule has 0 aromatic heterocycles. The summed E-state index contributed by atoms with van der Waals surface area (Å²) in [5.41, 5.74) is 0.502. The Morgan fingerprint density at radius 3 is 2.38 bits per heavy atom. The zero-order valence-electron chi connectivity index (χ0n) is 11.7. The third-order valence-electron chi connectivity index (χ3n) is 2.40. The minimum Gasteiger partial charge on any atom is -0.494 e. The van der Waals surface area contributed by atoms with Crippen molar-refractivity contribution >= 4 is 23.6 Å². The molecule has 0 spiro atoms. The van der Waals surface area contributed by atoms with E-state index in [1.54, 1.807) is 24.3 Å². The molecule has 21 heavy (non-hydrogen) atoms. The molecule has 0 fully saturated rings. The Kier molecular flexibility index (Phi) is 6.73. The number of carbonyl (C=O) groups is 3. The number of carboxylic acid groups (broad SMARTS) is 1. The number of aliphatic carboxylic acids is 1. The molecule has 0 radical (unpaired) electrons. The summed E-state index contributed by atoms with van der Waals surface area (Å²) in [6.07, 6.45) is 0.343. The number of anilines is 1. The molecule has 0 aliphatic carbocycles. The summed E-state index contributed by atoms with van der Waals surface area (Å²) in [5, 5.41) is 12.9. The highest BCUT2D eigenvalue weighted by molar-refractivity contribution is 6.01. The third-order valence-corrected chi connectivity index (χ3v) is 2.40. The lowest BCUT2D eigenvalue weighted by atomic mass is 10.3. The largest absolute Gasteiger partial charge is 0.494 e. The average Bonchev–Trinajstić information content (AvgIpc) is 2.44. The number of amides is 3. The summed E-state index contributed by atoms with van der Waals surface area (Å²) in [6, 6.07) is 6.00. The molecule has 7 heteroatoms. The van der Waals surface area contributed by atoms with Crippen LogP contribution in [0.2, 0.25) is 0 Å².